The molecule has 0 spiro atoms. The van der Waals surface area contributed by atoms with Gasteiger partial charge in [-0.25, -0.2) is 0 Å². The first-order valence-electron chi connectivity index (χ1n) is 3.28. The number of aliphatic imine (C=N–C) groups is 1. The molecule has 0 amide bonds. The maximum Gasteiger partial charge on any atom is 0.0495 e. The maximum absolute atomic E-state index is 3.99. The molecule has 8 heavy (non-hydrogen) atoms. The van der Waals surface area contributed by atoms with E-state index < -0.39 is 0 Å². The van der Waals surface area contributed by atoms with Crippen molar-refractivity contribution in [1.29, 1.82) is 0 Å². The van der Waals surface area contributed by atoms with Gasteiger partial charge in [0.25, 0.3) is 0 Å². The Balaban J connectivity index is 2.32. The molecule has 2 unspecified atom stereocenters. The van der Waals surface area contributed by atoms with Gasteiger partial charge < -0.3 is 0 Å². The zero-order valence-electron chi connectivity index (χ0n) is 5.43. The summed E-state index contributed by atoms with van der Waals surface area (Å²) in [5.74, 6) is 0.894. The largest absolute Gasteiger partial charge is 0.298 e. The fourth-order valence-electron chi connectivity index (χ4n) is 1.34. The van der Waals surface area contributed by atoms with Gasteiger partial charge in [-0.1, -0.05) is 6.92 Å². The van der Waals surface area contributed by atoms with Crippen molar-refractivity contribution in [3.05, 3.63) is 0 Å². The smallest absolute Gasteiger partial charge is 0.0495 e. The molecule has 0 aromatic carbocycles. The molecule has 0 N–H and O–H groups in total. The van der Waals surface area contributed by atoms with Crippen molar-refractivity contribution in [2.45, 2.75) is 32.2 Å². The van der Waals surface area contributed by atoms with E-state index in [0.717, 1.165) is 5.92 Å². The molecule has 0 radical (unpaired) electrons. The Kier molecular flexibility index (Phi) is 1.66. The van der Waals surface area contributed by atoms with Crippen molar-refractivity contribution in [3.63, 3.8) is 0 Å². The molecule has 0 saturated heterocycles. The molecule has 46 valence electrons. The summed E-state index contributed by atoms with van der Waals surface area (Å²) in [6.07, 6.45) is 3.89. The Labute approximate surface area is 50.8 Å². The van der Waals surface area contributed by atoms with Crippen LogP contribution >= 0.6 is 0 Å². The summed E-state index contributed by atoms with van der Waals surface area (Å²) < 4.78 is 0. The van der Waals surface area contributed by atoms with Crippen molar-refractivity contribution >= 4 is 6.72 Å². The van der Waals surface area contributed by atoms with E-state index in [4.69, 9.17) is 0 Å². The molecule has 2 atom stereocenters. The minimum atomic E-state index is 0.588. The van der Waals surface area contributed by atoms with E-state index in [2.05, 4.69) is 18.6 Å². The van der Waals surface area contributed by atoms with E-state index >= 15 is 0 Å². The van der Waals surface area contributed by atoms with Crippen LogP contribution in [-0.2, 0) is 0 Å². The van der Waals surface area contributed by atoms with Gasteiger partial charge in [-0.05, 0) is 31.9 Å². The van der Waals surface area contributed by atoms with E-state index in [9.17, 15) is 0 Å². The predicted octanol–water partition coefficient (Wildman–Crippen LogP) is 1.88. The van der Waals surface area contributed by atoms with Crippen molar-refractivity contribution < 1.29 is 0 Å². The van der Waals surface area contributed by atoms with Crippen LogP contribution < -0.4 is 0 Å². The molecule has 1 heteroatoms. The zero-order chi connectivity index (χ0) is 5.98. The van der Waals surface area contributed by atoms with Gasteiger partial charge in [0.2, 0.25) is 0 Å². The molecule has 1 fully saturated rings. The lowest BCUT2D eigenvalue weighted by Gasteiger charge is -1.98. The monoisotopic (exact) mass is 111 g/mol. The Hall–Kier alpha value is -0.330. The van der Waals surface area contributed by atoms with Crippen molar-refractivity contribution in [2.24, 2.45) is 10.9 Å². The standard InChI is InChI=1S/C7H13N/c1-6-3-4-7(5-6)8-2/h6-7H,2-5H2,1H3. The number of rotatable bonds is 1. The molecule has 0 aromatic heterocycles. The Morgan fingerprint density at radius 1 is 1.50 bits per heavy atom. The highest BCUT2D eigenvalue weighted by atomic mass is 14.8. The lowest BCUT2D eigenvalue weighted by Crippen LogP contribution is -1.94. The first kappa shape index (κ1) is 5.80. The number of hydrogen-bond donors (Lipinski definition) is 0. The molecule has 0 aromatic rings. The first-order chi connectivity index (χ1) is 3.83. The van der Waals surface area contributed by atoms with Gasteiger partial charge in [0.1, 0.15) is 0 Å². The topological polar surface area (TPSA) is 12.4 Å². The zero-order valence-corrected chi connectivity index (χ0v) is 5.43. The summed E-state index contributed by atoms with van der Waals surface area (Å²) >= 11 is 0. The quantitative estimate of drug-likeness (QED) is 0.458. The summed E-state index contributed by atoms with van der Waals surface area (Å²) in [4.78, 5) is 3.99. The molecule has 1 aliphatic rings. The predicted molar refractivity (Wildman–Crippen MR) is 36.4 cm³/mol. The van der Waals surface area contributed by atoms with Gasteiger partial charge in [-0.2, -0.15) is 0 Å². The van der Waals surface area contributed by atoms with Crippen molar-refractivity contribution in [1.82, 2.24) is 0 Å². The van der Waals surface area contributed by atoms with E-state index in [1.807, 2.05) is 0 Å². The third-order valence-electron chi connectivity index (χ3n) is 1.93. The molecule has 0 aliphatic heterocycles. The van der Waals surface area contributed by atoms with Crippen molar-refractivity contribution in [3.8, 4) is 0 Å². The summed E-state index contributed by atoms with van der Waals surface area (Å²) in [6, 6.07) is 0.588. The molecule has 1 nitrogen and oxygen atoms in total. The minimum Gasteiger partial charge on any atom is -0.298 e. The van der Waals surface area contributed by atoms with Crippen LogP contribution in [0.15, 0.2) is 4.99 Å². The summed E-state index contributed by atoms with van der Waals surface area (Å²) in [5.41, 5.74) is 0. The van der Waals surface area contributed by atoms with E-state index in [0.29, 0.717) is 6.04 Å². The van der Waals surface area contributed by atoms with Crippen LogP contribution in [0, 0.1) is 5.92 Å². The molecule has 0 heterocycles. The highest BCUT2D eigenvalue weighted by Gasteiger charge is 2.18. The molecule has 1 rings (SSSR count). The Morgan fingerprint density at radius 3 is 2.50 bits per heavy atom. The SMILES string of the molecule is C=NC1CCC(C)C1. The van der Waals surface area contributed by atoms with E-state index in [1.165, 1.54) is 19.3 Å². The number of hydrogen-bond acceptors (Lipinski definition) is 1. The molecular weight excluding hydrogens is 98.1 g/mol. The lowest BCUT2D eigenvalue weighted by atomic mass is 10.1. The summed E-state index contributed by atoms with van der Waals surface area (Å²) in [7, 11) is 0. The lowest BCUT2D eigenvalue weighted by molar-refractivity contribution is 0.595. The second kappa shape index (κ2) is 2.29. The van der Waals surface area contributed by atoms with E-state index in [1.54, 1.807) is 0 Å². The second-order valence-corrected chi connectivity index (χ2v) is 2.75. The molecule has 1 saturated carbocycles. The van der Waals surface area contributed by atoms with Crippen LogP contribution in [0.25, 0.3) is 0 Å². The maximum atomic E-state index is 3.99. The molecule has 0 bridgehead atoms. The van der Waals surface area contributed by atoms with Crippen LogP contribution in [0.4, 0.5) is 0 Å². The second-order valence-electron chi connectivity index (χ2n) is 2.75. The Morgan fingerprint density at radius 2 is 2.25 bits per heavy atom. The van der Waals surface area contributed by atoms with Crippen LogP contribution in [0.2, 0.25) is 0 Å². The van der Waals surface area contributed by atoms with Crippen LogP contribution in [-0.4, -0.2) is 12.8 Å². The van der Waals surface area contributed by atoms with Crippen LogP contribution in [0.3, 0.4) is 0 Å². The third-order valence-corrected chi connectivity index (χ3v) is 1.93. The summed E-state index contributed by atoms with van der Waals surface area (Å²) in [5, 5.41) is 0. The normalized spacial score (nSPS) is 37.6. The van der Waals surface area contributed by atoms with Gasteiger partial charge in [0.15, 0.2) is 0 Å². The van der Waals surface area contributed by atoms with Gasteiger partial charge in [0, 0.05) is 6.04 Å². The van der Waals surface area contributed by atoms with Gasteiger partial charge in [-0.15, -0.1) is 0 Å². The van der Waals surface area contributed by atoms with Gasteiger partial charge >= 0.3 is 0 Å². The fourth-order valence-corrected chi connectivity index (χ4v) is 1.34. The average Bonchev–Trinajstić information content (AvgIpc) is 2.14. The van der Waals surface area contributed by atoms with Crippen molar-refractivity contribution in [2.75, 3.05) is 0 Å². The highest BCUT2D eigenvalue weighted by molar-refractivity contribution is 5.24. The van der Waals surface area contributed by atoms with Gasteiger partial charge in [0.05, 0.1) is 0 Å². The highest BCUT2D eigenvalue weighted by Crippen LogP contribution is 2.26. The minimum absolute atomic E-state index is 0.588. The molecular formula is C7H13N. The fraction of sp³-hybridized carbons (Fsp3) is 0.857. The third kappa shape index (κ3) is 1.09. The average molecular weight is 111 g/mol. The van der Waals surface area contributed by atoms with Gasteiger partial charge in [-0.3, -0.25) is 4.99 Å². The first-order valence-corrected chi connectivity index (χ1v) is 3.28. The van der Waals surface area contributed by atoms with E-state index in [-0.39, 0.29) is 0 Å². The summed E-state index contributed by atoms with van der Waals surface area (Å²) in [6.45, 7) is 5.81. The number of nitrogens with zero attached hydrogens (tertiary/aromatic N) is 1. The van der Waals surface area contributed by atoms with Crippen LogP contribution in [0.5, 0.6) is 0 Å². The molecule has 1 aliphatic carbocycles. The van der Waals surface area contributed by atoms with Crippen LogP contribution in [0.1, 0.15) is 26.2 Å². The Bertz CT molecular complexity index is 88.4.